The fourth-order valence-electron chi connectivity index (χ4n) is 1.84. The summed E-state index contributed by atoms with van der Waals surface area (Å²) in [6.07, 6.45) is 0.970. The third-order valence-electron chi connectivity index (χ3n) is 2.64. The molecule has 0 amide bonds. The molecule has 104 valence electrons. The molecule has 0 spiro atoms. The lowest BCUT2D eigenvalue weighted by molar-refractivity contribution is 0.310. The Morgan fingerprint density at radius 1 is 1.22 bits per heavy atom. The van der Waals surface area contributed by atoms with Crippen LogP contribution in [0.4, 0.5) is 0 Å². The van der Waals surface area contributed by atoms with Gasteiger partial charge < -0.3 is 15.2 Å². The van der Waals surface area contributed by atoms with Gasteiger partial charge in [0.15, 0.2) is 11.5 Å². The molecule has 0 saturated heterocycles. The summed E-state index contributed by atoms with van der Waals surface area (Å²) >= 11 is 0. The van der Waals surface area contributed by atoms with Crippen molar-refractivity contribution in [3.05, 3.63) is 23.8 Å². The van der Waals surface area contributed by atoms with Crippen molar-refractivity contribution in [2.45, 2.75) is 33.2 Å². The molecular weight excluding hydrogens is 250 g/mol. The number of hydrogen-bond donors (Lipinski definition) is 1. The quantitative estimate of drug-likeness (QED) is 0.862. The van der Waals surface area contributed by atoms with Crippen molar-refractivity contribution >= 4 is 12.4 Å². The zero-order valence-electron chi connectivity index (χ0n) is 11.6. The average Bonchev–Trinajstić information content (AvgIpc) is 2.28. The minimum absolute atomic E-state index is 0. The van der Waals surface area contributed by atoms with E-state index >= 15 is 0 Å². The van der Waals surface area contributed by atoms with Gasteiger partial charge in [-0.3, -0.25) is 0 Å². The minimum Gasteiger partial charge on any atom is -0.493 e. The van der Waals surface area contributed by atoms with Crippen molar-refractivity contribution in [2.75, 3.05) is 13.7 Å². The SMILES string of the molecule is CCOc1cc([C@@H](N)CC(C)C)ccc1OC.Cl. The van der Waals surface area contributed by atoms with Crippen LogP contribution in [0.2, 0.25) is 0 Å². The Balaban J connectivity index is 0.00000289. The fourth-order valence-corrected chi connectivity index (χ4v) is 1.84. The van der Waals surface area contributed by atoms with E-state index in [4.69, 9.17) is 15.2 Å². The third-order valence-corrected chi connectivity index (χ3v) is 2.64. The Kier molecular flexibility index (Phi) is 7.80. The van der Waals surface area contributed by atoms with Crippen LogP contribution < -0.4 is 15.2 Å². The summed E-state index contributed by atoms with van der Waals surface area (Å²) in [6, 6.07) is 5.96. The Morgan fingerprint density at radius 2 is 1.89 bits per heavy atom. The Hall–Kier alpha value is -0.930. The maximum atomic E-state index is 6.16. The molecule has 0 fully saturated rings. The van der Waals surface area contributed by atoms with Gasteiger partial charge in [0.2, 0.25) is 0 Å². The molecule has 0 aliphatic heterocycles. The highest BCUT2D eigenvalue weighted by atomic mass is 35.5. The van der Waals surface area contributed by atoms with Gasteiger partial charge in [0.1, 0.15) is 0 Å². The molecule has 0 saturated carbocycles. The zero-order valence-corrected chi connectivity index (χ0v) is 12.4. The van der Waals surface area contributed by atoms with Crippen LogP contribution in [0.5, 0.6) is 11.5 Å². The Labute approximate surface area is 116 Å². The van der Waals surface area contributed by atoms with E-state index in [-0.39, 0.29) is 18.4 Å². The van der Waals surface area contributed by atoms with Gasteiger partial charge in [-0.05, 0) is 37.0 Å². The van der Waals surface area contributed by atoms with Crippen LogP contribution >= 0.6 is 12.4 Å². The first-order valence-corrected chi connectivity index (χ1v) is 6.14. The highest BCUT2D eigenvalue weighted by Gasteiger charge is 2.12. The van der Waals surface area contributed by atoms with Crippen LogP contribution in [0.25, 0.3) is 0 Å². The fraction of sp³-hybridized carbons (Fsp3) is 0.571. The Bertz CT molecular complexity index is 356. The molecule has 0 aliphatic carbocycles. The summed E-state index contributed by atoms with van der Waals surface area (Å²) in [6.45, 7) is 6.93. The monoisotopic (exact) mass is 273 g/mol. The van der Waals surface area contributed by atoms with E-state index in [2.05, 4.69) is 13.8 Å². The van der Waals surface area contributed by atoms with Gasteiger partial charge in [-0.25, -0.2) is 0 Å². The van der Waals surface area contributed by atoms with E-state index in [0.29, 0.717) is 12.5 Å². The maximum Gasteiger partial charge on any atom is 0.161 e. The van der Waals surface area contributed by atoms with E-state index in [9.17, 15) is 0 Å². The Morgan fingerprint density at radius 3 is 2.39 bits per heavy atom. The first-order valence-electron chi connectivity index (χ1n) is 6.14. The summed E-state index contributed by atoms with van der Waals surface area (Å²) in [5.74, 6) is 2.11. The van der Waals surface area contributed by atoms with E-state index in [1.165, 1.54) is 0 Å². The highest BCUT2D eigenvalue weighted by Crippen LogP contribution is 2.31. The van der Waals surface area contributed by atoms with E-state index in [1.807, 2.05) is 25.1 Å². The van der Waals surface area contributed by atoms with Crippen LogP contribution in [0.3, 0.4) is 0 Å². The van der Waals surface area contributed by atoms with Crippen LogP contribution in [-0.2, 0) is 0 Å². The standard InChI is InChI=1S/C14H23NO2.ClH/c1-5-17-14-9-11(6-7-13(14)16-4)12(15)8-10(2)3;/h6-7,9-10,12H,5,8,15H2,1-4H3;1H/t12-;/m0./s1. The molecule has 0 radical (unpaired) electrons. The number of rotatable bonds is 6. The van der Waals surface area contributed by atoms with Crippen LogP contribution in [-0.4, -0.2) is 13.7 Å². The van der Waals surface area contributed by atoms with E-state index < -0.39 is 0 Å². The van der Waals surface area contributed by atoms with E-state index in [1.54, 1.807) is 7.11 Å². The summed E-state index contributed by atoms with van der Waals surface area (Å²) in [7, 11) is 1.64. The molecule has 1 atom stereocenters. The molecule has 0 unspecified atom stereocenters. The molecule has 2 N–H and O–H groups in total. The number of methoxy groups -OCH3 is 1. The third kappa shape index (κ3) is 4.75. The number of nitrogens with two attached hydrogens (primary N) is 1. The van der Waals surface area contributed by atoms with Gasteiger partial charge in [-0.2, -0.15) is 0 Å². The molecule has 1 aromatic carbocycles. The van der Waals surface area contributed by atoms with Crippen molar-refractivity contribution in [1.82, 2.24) is 0 Å². The molecule has 1 rings (SSSR count). The molecule has 0 aromatic heterocycles. The first kappa shape index (κ1) is 17.1. The topological polar surface area (TPSA) is 44.5 Å². The minimum atomic E-state index is 0. The number of ether oxygens (including phenoxy) is 2. The highest BCUT2D eigenvalue weighted by molar-refractivity contribution is 5.85. The van der Waals surface area contributed by atoms with Crippen molar-refractivity contribution < 1.29 is 9.47 Å². The molecule has 18 heavy (non-hydrogen) atoms. The van der Waals surface area contributed by atoms with Crippen LogP contribution in [0, 0.1) is 5.92 Å². The smallest absolute Gasteiger partial charge is 0.161 e. The molecule has 4 heteroatoms. The molecule has 3 nitrogen and oxygen atoms in total. The van der Waals surface area contributed by atoms with Crippen molar-refractivity contribution in [3.8, 4) is 11.5 Å². The lowest BCUT2D eigenvalue weighted by Crippen LogP contribution is -2.13. The predicted octanol–water partition coefficient (Wildman–Crippen LogP) is 3.56. The average molecular weight is 274 g/mol. The molecule has 0 bridgehead atoms. The van der Waals surface area contributed by atoms with Gasteiger partial charge in [0.05, 0.1) is 13.7 Å². The van der Waals surface area contributed by atoms with Crippen LogP contribution in [0.1, 0.15) is 38.8 Å². The van der Waals surface area contributed by atoms with Crippen molar-refractivity contribution in [1.29, 1.82) is 0 Å². The summed E-state index contributed by atoms with van der Waals surface area (Å²) < 4.78 is 10.8. The van der Waals surface area contributed by atoms with Gasteiger partial charge >= 0.3 is 0 Å². The molecule has 0 heterocycles. The normalized spacial score (nSPS) is 11.9. The van der Waals surface area contributed by atoms with Gasteiger partial charge in [-0.15, -0.1) is 12.4 Å². The first-order chi connectivity index (χ1) is 8.08. The lowest BCUT2D eigenvalue weighted by atomic mass is 9.97. The van der Waals surface area contributed by atoms with Gasteiger partial charge in [-0.1, -0.05) is 19.9 Å². The zero-order chi connectivity index (χ0) is 12.8. The second-order valence-electron chi connectivity index (χ2n) is 4.58. The molecular formula is C14H24ClNO2. The number of hydrogen-bond acceptors (Lipinski definition) is 3. The summed E-state index contributed by atoms with van der Waals surface area (Å²) in [5, 5.41) is 0. The molecule has 1 aromatic rings. The van der Waals surface area contributed by atoms with E-state index in [0.717, 1.165) is 23.5 Å². The van der Waals surface area contributed by atoms with Crippen molar-refractivity contribution in [3.63, 3.8) is 0 Å². The molecule has 0 aliphatic rings. The van der Waals surface area contributed by atoms with Gasteiger partial charge in [0, 0.05) is 6.04 Å². The van der Waals surface area contributed by atoms with Gasteiger partial charge in [0.25, 0.3) is 0 Å². The lowest BCUT2D eigenvalue weighted by Gasteiger charge is -2.17. The second-order valence-corrected chi connectivity index (χ2v) is 4.58. The number of benzene rings is 1. The predicted molar refractivity (Wildman–Crippen MR) is 77.8 cm³/mol. The second kappa shape index (κ2) is 8.22. The van der Waals surface area contributed by atoms with Crippen molar-refractivity contribution in [2.24, 2.45) is 11.7 Å². The van der Waals surface area contributed by atoms with Crippen LogP contribution in [0.15, 0.2) is 18.2 Å². The number of halogens is 1. The summed E-state index contributed by atoms with van der Waals surface area (Å²) in [5.41, 5.74) is 7.26. The maximum absolute atomic E-state index is 6.16. The largest absolute Gasteiger partial charge is 0.493 e. The summed E-state index contributed by atoms with van der Waals surface area (Å²) in [4.78, 5) is 0.